The first-order valence-electron chi connectivity index (χ1n) is 28.3. The minimum Gasteiger partial charge on any atom is -0.493 e. The predicted octanol–water partition coefficient (Wildman–Crippen LogP) is 11.2. The molecule has 2 saturated carbocycles. The van der Waals surface area contributed by atoms with Crippen LogP contribution in [0.1, 0.15) is 124 Å². The van der Waals surface area contributed by atoms with Crippen LogP contribution in [0.2, 0.25) is 0 Å². The molecule has 2 aliphatic carbocycles. The minimum absolute atomic E-state index is 0.0191. The van der Waals surface area contributed by atoms with Gasteiger partial charge in [0.05, 0.1) is 41.9 Å². The Morgan fingerprint density at radius 3 is 2.45 bits per heavy atom. The highest BCUT2D eigenvalue weighted by Gasteiger charge is 2.51. The number of amides is 1. The van der Waals surface area contributed by atoms with Crippen molar-refractivity contribution < 1.29 is 46.3 Å². The van der Waals surface area contributed by atoms with Gasteiger partial charge in [-0.15, -0.1) is 0 Å². The highest BCUT2D eigenvalue weighted by atomic mass is 32.2. The van der Waals surface area contributed by atoms with E-state index < -0.39 is 42.9 Å². The number of hydrogen-bond donors (Lipinski definition) is 4. The molecule has 21 heteroatoms. The van der Waals surface area contributed by atoms with Gasteiger partial charge in [0, 0.05) is 92.9 Å². The Balaban J connectivity index is 0.813. The zero-order valence-electron chi connectivity index (χ0n) is 47.5. The van der Waals surface area contributed by atoms with Gasteiger partial charge in [-0.2, -0.15) is 4.98 Å². The molecule has 4 fully saturated rings. The van der Waals surface area contributed by atoms with Crippen molar-refractivity contribution in [3.63, 3.8) is 0 Å². The van der Waals surface area contributed by atoms with Gasteiger partial charge >= 0.3 is 5.69 Å². The molecule has 434 valence electrons. The number of rotatable bonds is 17. The third-order valence-electron chi connectivity index (χ3n) is 17.8. The lowest BCUT2D eigenvalue weighted by Gasteiger charge is -2.59. The fourth-order valence-corrected chi connectivity index (χ4v) is 14.0. The molecule has 82 heavy (non-hydrogen) atoms. The number of H-pyrrole nitrogens is 1. The summed E-state index contributed by atoms with van der Waals surface area (Å²) in [5, 5.41) is 26.8. The first-order valence-corrected chi connectivity index (χ1v) is 29.8. The predicted molar refractivity (Wildman–Crippen MR) is 310 cm³/mol. The number of aliphatic hydroxyl groups is 1. The van der Waals surface area contributed by atoms with Gasteiger partial charge in [0.1, 0.15) is 27.9 Å². The monoisotopic (exact) mass is 1140 g/mol. The van der Waals surface area contributed by atoms with Gasteiger partial charge in [0.15, 0.2) is 17.1 Å². The molecule has 4 N–H and O–H groups in total. The van der Waals surface area contributed by atoms with Gasteiger partial charge < -0.3 is 38.9 Å². The van der Waals surface area contributed by atoms with Crippen LogP contribution in [0.3, 0.4) is 0 Å². The number of halogens is 1. The molecule has 1 spiro atoms. The van der Waals surface area contributed by atoms with E-state index in [1.54, 1.807) is 26.2 Å². The van der Waals surface area contributed by atoms with Crippen molar-refractivity contribution >= 4 is 55.1 Å². The number of nitrogens with one attached hydrogen (secondary N) is 3. The van der Waals surface area contributed by atoms with E-state index in [1.165, 1.54) is 35.9 Å². The zero-order chi connectivity index (χ0) is 57.8. The Hall–Kier alpha value is -7.33. The summed E-state index contributed by atoms with van der Waals surface area (Å²) in [4.78, 5) is 44.1. The van der Waals surface area contributed by atoms with Gasteiger partial charge in [-0.3, -0.25) is 24.7 Å². The highest BCUT2D eigenvalue weighted by Crippen LogP contribution is 2.54. The van der Waals surface area contributed by atoms with Crippen LogP contribution < -0.4 is 29.1 Å². The number of aryl methyl sites for hydroxylation is 1. The standard InChI is InChI=1S/C61H72FN9O10S/c1-36(2)44-10-8-9-11-45(44)51-35-69(34-40-12-15-52(78-6)55-47(40)24-38(4)80-55)37(3)33-70(51)42-28-61(29-42)20-22-68(23-21-61)41-13-14-46(53(25-41)81-54-27-48-49(62)32-65-56(48)66-59(54)79-7)58(72)67-82(76,77)43-26-50(71(74)75)57(64-31-43)63-30-39-16-18-60(5,73)19-17-39/h8-15,24-27,31-32,36-37,39,42,51,73H,16-23,28-30,33-35H2,1-7H3,(H,63,64)(H,65,66)(H,67,72)/t37-,39?,51+,60?/m1/s1. The third-order valence-corrected chi connectivity index (χ3v) is 19.1. The number of piperazine rings is 1. The Bertz CT molecular complexity index is 3650. The topological polar surface area (TPSA) is 231 Å². The summed E-state index contributed by atoms with van der Waals surface area (Å²) >= 11 is 0. The number of furan rings is 1. The van der Waals surface area contributed by atoms with E-state index in [4.69, 9.17) is 18.6 Å². The number of fused-ring (bicyclic) bond motifs is 2. The quantitative estimate of drug-likeness (QED) is 0.0491. The number of hydrogen-bond acceptors (Lipinski definition) is 16. The molecule has 2 saturated heterocycles. The number of aromatic amines is 1. The van der Waals surface area contributed by atoms with E-state index in [2.05, 4.69) is 96.9 Å². The van der Waals surface area contributed by atoms with Crippen molar-refractivity contribution in [2.24, 2.45) is 11.3 Å². The summed E-state index contributed by atoms with van der Waals surface area (Å²) in [7, 11) is -1.71. The molecule has 0 bridgehead atoms. The first kappa shape index (κ1) is 56.5. The van der Waals surface area contributed by atoms with Crippen LogP contribution in [0, 0.1) is 34.2 Å². The summed E-state index contributed by atoms with van der Waals surface area (Å²) in [6.07, 6.45) is 8.69. The molecule has 2 atom stereocenters. The number of nitro groups is 1. The summed E-state index contributed by atoms with van der Waals surface area (Å²) in [6.45, 7) is 15.0. The molecule has 6 heterocycles. The lowest BCUT2D eigenvalue weighted by Crippen LogP contribution is -2.61. The average molecular weight is 1140 g/mol. The van der Waals surface area contributed by atoms with Crippen molar-refractivity contribution in [1.29, 1.82) is 0 Å². The van der Waals surface area contributed by atoms with Gasteiger partial charge in [0.2, 0.25) is 5.82 Å². The molecule has 11 rings (SSSR count). The molecule has 4 aromatic heterocycles. The number of methoxy groups -OCH3 is 2. The highest BCUT2D eigenvalue weighted by molar-refractivity contribution is 7.90. The van der Waals surface area contributed by atoms with E-state index >= 15 is 0 Å². The largest absolute Gasteiger partial charge is 0.493 e. The lowest BCUT2D eigenvalue weighted by atomic mass is 9.59. The number of aromatic nitrogens is 3. The number of piperidine rings is 1. The SMILES string of the molecule is COc1nc2[nH]cc(F)c2cc1Oc1cc(N2CCC3(CC2)CC(N2C[C@@H](C)N(Cc4ccc(OC)c5oc(C)cc45)C[C@H]2c2ccccc2C(C)C)C3)ccc1C(=O)NS(=O)(=O)c1cnc(NCC2CCC(C)(O)CC2)c([N+](=O)[O-])c1. The van der Waals surface area contributed by atoms with Gasteiger partial charge in [0.25, 0.3) is 21.8 Å². The molecule has 2 aliphatic heterocycles. The lowest BCUT2D eigenvalue weighted by molar-refractivity contribution is -0.384. The minimum atomic E-state index is -4.76. The van der Waals surface area contributed by atoms with E-state index in [1.807, 2.05) is 13.0 Å². The summed E-state index contributed by atoms with van der Waals surface area (Å²) in [6, 6.07) is 23.2. The second kappa shape index (κ2) is 22.4. The summed E-state index contributed by atoms with van der Waals surface area (Å²) in [5.74, 6) is 0.162. The zero-order valence-corrected chi connectivity index (χ0v) is 48.3. The van der Waals surface area contributed by atoms with Crippen molar-refractivity contribution in [2.45, 2.75) is 127 Å². The third kappa shape index (κ3) is 11.3. The van der Waals surface area contributed by atoms with Crippen LogP contribution >= 0.6 is 0 Å². The second-order valence-corrected chi connectivity index (χ2v) is 25.4. The average Bonchev–Trinajstić information content (AvgIpc) is 4.16. The van der Waals surface area contributed by atoms with Crippen molar-refractivity contribution in [3.8, 4) is 23.1 Å². The second-order valence-electron chi connectivity index (χ2n) is 23.7. The van der Waals surface area contributed by atoms with Gasteiger partial charge in [-0.05, 0) is 130 Å². The fraction of sp³-hybridized carbons (Fsp3) is 0.459. The van der Waals surface area contributed by atoms with E-state index in [0.717, 1.165) is 91.9 Å². The molecular weight excluding hydrogens is 1070 g/mol. The molecular formula is C61H72FN9O10S. The van der Waals surface area contributed by atoms with Crippen LogP contribution in [-0.2, 0) is 16.6 Å². The fourth-order valence-electron chi connectivity index (χ4n) is 13.0. The smallest absolute Gasteiger partial charge is 0.312 e. The maximum absolute atomic E-state index is 15.0. The number of carbonyl (C=O) groups is 1. The van der Waals surface area contributed by atoms with E-state index in [9.17, 15) is 32.8 Å². The summed E-state index contributed by atoms with van der Waals surface area (Å²) < 4.78 is 68.7. The number of carbonyl (C=O) groups excluding carboxylic acids is 1. The number of anilines is 2. The van der Waals surface area contributed by atoms with Gasteiger partial charge in [-0.1, -0.05) is 44.2 Å². The molecule has 19 nitrogen and oxygen atoms in total. The molecule has 1 amide bonds. The molecule has 0 unspecified atom stereocenters. The van der Waals surface area contributed by atoms with Crippen LogP contribution in [0.25, 0.3) is 22.0 Å². The van der Waals surface area contributed by atoms with Crippen molar-refractivity contribution in [1.82, 2.24) is 29.5 Å². The molecule has 4 aliphatic rings. The number of pyridine rings is 2. The normalized spacial score (nSPS) is 21.7. The number of benzene rings is 3. The van der Waals surface area contributed by atoms with E-state index in [0.29, 0.717) is 57.3 Å². The van der Waals surface area contributed by atoms with Crippen LogP contribution in [0.4, 0.5) is 21.6 Å². The molecule has 3 aromatic carbocycles. The Morgan fingerprint density at radius 2 is 1.73 bits per heavy atom. The Labute approximate surface area is 476 Å². The first-order chi connectivity index (χ1) is 39.2. The molecule has 0 radical (unpaired) electrons. The van der Waals surface area contributed by atoms with Crippen LogP contribution in [0.5, 0.6) is 23.1 Å². The Morgan fingerprint density at radius 1 is 0.976 bits per heavy atom. The van der Waals surface area contributed by atoms with Crippen LogP contribution in [-0.4, -0.2) is 114 Å². The number of sulfonamides is 1. The van der Waals surface area contributed by atoms with E-state index in [-0.39, 0.29) is 63.2 Å². The van der Waals surface area contributed by atoms with Crippen molar-refractivity contribution in [3.05, 3.63) is 129 Å². The maximum atomic E-state index is 15.0. The summed E-state index contributed by atoms with van der Waals surface area (Å²) in [5.41, 5.74) is 4.28. The molecule has 7 aromatic rings. The Kier molecular flexibility index (Phi) is 15.5. The number of nitrogens with zero attached hydrogens (tertiary/aromatic N) is 6. The van der Waals surface area contributed by atoms with Gasteiger partial charge in [-0.25, -0.2) is 22.5 Å². The number of ether oxygens (including phenoxy) is 3. The van der Waals surface area contributed by atoms with Crippen LogP contribution in [0.15, 0.2) is 94.5 Å². The maximum Gasteiger partial charge on any atom is 0.312 e. The van der Waals surface area contributed by atoms with Crippen molar-refractivity contribution in [2.75, 3.05) is 57.2 Å².